The Bertz CT molecular complexity index is 886. The fourth-order valence-electron chi connectivity index (χ4n) is 2.33. The van der Waals surface area contributed by atoms with Gasteiger partial charge in [0, 0.05) is 10.9 Å². The van der Waals surface area contributed by atoms with Crippen molar-refractivity contribution in [3.05, 3.63) is 57.6 Å². The molecule has 3 rings (SSSR count). The average Bonchev–Trinajstić information content (AvgIpc) is 3.34. The standard InChI is InChI=1S/C19H19N3O2S2/c1-3-13-6-8-14(9-7-13)15-11-26-19(21-15)22-17(23)12(2)20-18(24)16-5-4-10-25-16/h4-12H,3H2,1-2H3,(H,20,24)(H,21,22,23). The zero-order chi connectivity index (χ0) is 18.5. The molecule has 2 heterocycles. The molecule has 2 amide bonds. The van der Waals surface area contributed by atoms with E-state index in [1.165, 1.54) is 28.2 Å². The molecule has 0 fully saturated rings. The largest absolute Gasteiger partial charge is 0.340 e. The highest BCUT2D eigenvalue weighted by Gasteiger charge is 2.18. The van der Waals surface area contributed by atoms with Gasteiger partial charge in [0.1, 0.15) is 6.04 Å². The summed E-state index contributed by atoms with van der Waals surface area (Å²) in [6, 6.07) is 11.1. The maximum atomic E-state index is 12.3. The van der Waals surface area contributed by atoms with Gasteiger partial charge in [-0.2, -0.15) is 0 Å². The predicted molar refractivity (Wildman–Crippen MR) is 107 cm³/mol. The fraction of sp³-hybridized carbons (Fsp3) is 0.211. The number of amides is 2. The van der Waals surface area contributed by atoms with Gasteiger partial charge in [-0.05, 0) is 30.4 Å². The second-order valence-electron chi connectivity index (χ2n) is 5.75. The molecule has 3 aromatic rings. The number of anilines is 1. The summed E-state index contributed by atoms with van der Waals surface area (Å²) in [6.07, 6.45) is 0.994. The van der Waals surface area contributed by atoms with Crippen LogP contribution in [0.4, 0.5) is 5.13 Å². The van der Waals surface area contributed by atoms with E-state index < -0.39 is 6.04 Å². The second kappa shape index (κ2) is 8.25. The summed E-state index contributed by atoms with van der Waals surface area (Å²) in [7, 11) is 0. The Morgan fingerprint density at radius 3 is 2.58 bits per heavy atom. The number of rotatable bonds is 6. The normalized spacial score (nSPS) is 11.8. The van der Waals surface area contributed by atoms with Crippen molar-refractivity contribution in [2.75, 3.05) is 5.32 Å². The van der Waals surface area contributed by atoms with Gasteiger partial charge in [0.25, 0.3) is 5.91 Å². The van der Waals surface area contributed by atoms with E-state index in [2.05, 4.69) is 34.7 Å². The lowest BCUT2D eigenvalue weighted by molar-refractivity contribution is -0.117. The molecule has 2 aromatic heterocycles. The number of nitrogens with zero attached hydrogens (tertiary/aromatic N) is 1. The van der Waals surface area contributed by atoms with Gasteiger partial charge in [-0.25, -0.2) is 4.98 Å². The molecule has 0 saturated carbocycles. The molecule has 2 N–H and O–H groups in total. The Hall–Kier alpha value is -2.51. The van der Waals surface area contributed by atoms with Gasteiger partial charge in [-0.15, -0.1) is 22.7 Å². The monoisotopic (exact) mass is 385 g/mol. The number of hydrogen-bond acceptors (Lipinski definition) is 5. The lowest BCUT2D eigenvalue weighted by Crippen LogP contribution is -2.41. The minimum Gasteiger partial charge on any atom is -0.340 e. The van der Waals surface area contributed by atoms with Crippen molar-refractivity contribution in [1.82, 2.24) is 10.3 Å². The fourth-order valence-corrected chi connectivity index (χ4v) is 3.68. The van der Waals surface area contributed by atoms with E-state index in [4.69, 9.17) is 0 Å². The highest BCUT2D eigenvalue weighted by Crippen LogP contribution is 2.25. The Kier molecular flexibility index (Phi) is 5.80. The Labute approximate surface area is 160 Å². The number of carbonyl (C=O) groups is 2. The molecule has 26 heavy (non-hydrogen) atoms. The smallest absolute Gasteiger partial charge is 0.261 e. The summed E-state index contributed by atoms with van der Waals surface area (Å²) in [4.78, 5) is 29.4. The molecule has 134 valence electrons. The molecular weight excluding hydrogens is 366 g/mol. The van der Waals surface area contributed by atoms with E-state index in [-0.39, 0.29) is 11.8 Å². The number of carbonyl (C=O) groups excluding carboxylic acids is 2. The number of thiazole rings is 1. The van der Waals surface area contributed by atoms with E-state index in [1.807, 2.05) is 22.9 Å². The molecular formula is C19H19N3O2S2. The van der Waals surface area contributed by atoms with Crippen molar-refractivity contribution >= 4 is 39.6 Å². The van der Waals surface area contributed by atoms with Crippen LogP contribution >= 0.6 is 22.7 Å². The molecule has 5 nitrogen and oxygen atoms in total. The zero-order valence-electron chi connectivity index (χ0n) is 14.5. The van der Waals surface area contributed by atoms with Crippen LogP contribution in [0.1, 0.15) is 29.1 Å². The van der Waals surface area contributed by atoms with E-state index in [1.54, 1.807) is 19.1 Å². The topological polar surface area (TPSA) is 71.1 Å². The molecule has 7 heteroatoms. The van der Waals surface area contributed by atoms with Crippen LogP contribution in [0.15, 0.2) is 47.2 Å². The Morgan fingerprint density at radius 2 is 1.92 bits per heavy atom. The number of thiophene rings is 1. The summed E-state index contributed by atoms with van der Waals surface area (Å²) in [6.45, 7) is 3.77. The Balaban J connectivity index is 1.60. The summed E-state index contributed by atoms with van der Waals surface area (Å²) < 4.78 is 0. The van der Waals surface area contributed by atoms with Crippen LogP contribution in [0.2, 0.25) is 0 Å². The van der Waals surface area contributed by atoms with Gasteiger partial charge in [-0.1, -0.05) is 37.3 Å². The summed E-state index contributed by atoms with van der Waals surface area (Å²) >= 11 is 2.70. The van der Waals surface area contributed by atoms with Crippen molar-refractivity contribution in [3.8, 4) is 11.3 Å². The second-order valence-corrected chi connectivity index (χ2v) is 7.56. The molecule has 0 aliphatic heterocycles. The van der Waals surface area contributed by atoms with Crippen LogP contribution in [0, 0.1) is 0 Å². The van der Waals surface area contributed by atoms with Gasteiger partial charge in [0.05, 0.1) is 10.6 Å². The molecule has 0 radical (unpaired) electrons. The third-order valence-corrected chi connectivity index (χ3v) is 5.50. The van der Waals surface area contributed by atoms with Crippen LogP contribution in [0.5, 0.6) is 0 Å². The summed E-state index contributed by atoms with van der Waals surface area (Å²) in [5.74, 6) is -0.546. The third-order valence-electron chi connectivity index (χ3n) is 3.88. The number of nitrogens with one attached hydrogen (secondary N) is 2. The van der Waals surface area contributed by atoms with Gasteiger partial charge in [-0.3, -0.25) is 9.59 Å². The summed E-state index contributed by atoms with van der Waals surface area (Å²) in [5.41, 5.74) is 3.11. The first-order chi connectivity index (χ1) is 12.6. The minimum absolute atomic E-state index is 0.251. The van der Waals surface area contributed by atoms with Crippen LogP contribution in [0.3, 0.4) is 0 Å². The molecule has 1 aromatic carbocycles. The first-order valence-electron chi connectivity index (χ1n) is 8.27. The average molecular weight is 386 g/mol. The van der Waals surface area contributed by atoms with Crippen molar-refractivity contribution in [2.45, 2.75) is 26.3 Å². The van der Waals surface area contributed by atoms with Gasteiger partial charge < -0.3 is 10.6 Å². The van der Waals surface area contributed by atoms with E-state index >= 15 is 0 Å². The number of benzene rings is 1. The molecule has 1 unspecified atom stereocenters. The SMILES string of the molecule is CCc1ccc(-c2csc(NC(=O)C(C)NC(=O)c3cccs3)n2)cc1. The number of aromatic nitrogens is 1. The van der Waals surface area contributed by atoms with Crippen molar-refractivity contribution in [2.24, 2.45) is 0 Å². The van der Waals surface area contributed by atoms with Crippen LogP contribution in [0.25, 0.3) is 11.3 Å². The van der Waals surface area contributed by atoms with Crippen LogP contribution in [-0.2, 0) is 11.2 Å². The highest BCUT2D eigenvalue weighted by molar-refractivity contribution is 7.14. The molecule has 1 atom stereocenters. The van der Waals surface area contributed by atoms with E-state index in [0.717, 1.165) is 17.7 Å². The highest BCUT2D eigenvalue weighted by atomic mass is 32.1. The third kappa shape index (κ3) is 4.36. The molecule has 0 bridgehead atoms. The lowest BCUT2D eigenvalue weighted by atomic mass is 10.1. The van der Waals surface area contributed by atoms with Crippen LogP contribution < -0.4 is 10.6 Å². The quantitative estimate of drug-likeness (QED) is 0.668. The molecule has 0 aliphatic carbocycles. The maximum absolute atomic E-state index is 12.3. The van der Waals surface area contributed by atoms with Gasteiger partial charge in [0.2, 0.25) is 5.91 Å². The van der Waals surface area contributed by atoms with E-state index in [0.29, 0.717) is 10.0 Å². The van der Waals surface area contributed by atoms with Crippen molar-refractivity contribution < 1.29 is 9.59 Å². The first kappa shape index (κ1) is 18.3. The van der Waals surface area contributed by atoms with E-state index in [9.17, 15) is 9.59 Å². The zero-order valence-corrected chi connectivity index (χ0v) is 16.1. The van der Waals surface area contributed by atoms with Crippen molar-refractivity contribution in [3.63, 3.8) is 0 Å². The predicted octanol–water partition coefficient (Wildman–Crippen LogP) is 4.19. The number of aryl methyl sites for hydroxylation is 1. The Morgan fingerprint density at radius 1 is 1.15 bits per heavy atom. The van der Waals surface area contributed by atoms with Gasteiger partial charge >= 0.3 is 0 Å². The van der Waals surface area contributed by atoms with Crippen molar-refractivity contribution in [1.29, 1.82) is 0 Å². The molecule has 0 spiro atoms. The molecule has 0 aliphatic rings. The van der Waals surface area contributed by atoms with Crippen LogP contribution in [-0.4, -0.2) is 22.8 Å². The maximum Gasteiger partial charge on any atom is 0.261 e. The first-order valence-corrected chi connectivity index (χ1v) is 10.0. The summed E-state index contributed by atoms with van der Waals surface area (Å²) in [5, 5.41) is 9.70. The number of hydrogen-bond donors (Lipinski definition) is 2. The lowest BCUT2D eigenvalue weighted by Gasteiger charge is -2.12. The molecule has 0 saturated heterocycles. The van der Waals surface area contributed by atoms with Gasteiger partial charge in [0.15, 0.2) is 5.13 Å². The minimum atomic E-state index is -0.652.